The van der Waals surface area contributed by atoms with Crippen LogP contribution in [-0.2, 0) is 23.1 Å². The Kier molecular flexibility index (Phi) is 6.06. The van der Waals surface area contributed by atoms with Crippen LogP contribution in [0.5, 0.6) is 0 Å². The predicted octanol–water partition coefficient (Wildman–Crippen LogP) is 3.53. The van der Waals surface area contributed by atoms with Crippen molar-refractivity contribution in [3.8, 4) is 0 Å². The molecule has 2 aromatic carbocycles. The van der Waals surface area contributed by atoms with Crippen molar-refractivity contribution in [3.05, 3.63) is 63.6 Å². The molecule has 0 aromatic heterocycles. The van der Waals surface area contributed by atoms with Gasteiger partial charge in [0.25, 0.3) is 0 Å². The van der Waals surface area contributed by atoms with Crippen LogP contribution in [0.4, 0.5) is 0 Å². The average molecular weight is 373 g/mol. The fraction of sp³-hybridized carbons (Fsp3) is 0.250. The molecule has 0 fully saturated rings. The zero-order chi connectivity index (χ0) is 17.0. The monoisotopic (exact) mass is 372 g/mol. The van der Waals surface area contributed by atoms with Crippen LogP contribution < -0.4 is 5.32 Å². The number of nitrogens with zero attached hydrogens (tertiary/aromatic N) is 1. The molecular weight excluding hydrogens is 355 g/mol. The minimum absolute atomic E-state index is 0.284. The van der Waals surface area contributed by atoms with Crippen LogP contribution in [0.1, 0.15) is 11.1 Å². The van der Waals surface area contributed by atoms with Gasteiger partial charge in [-0.2, -0.15) is 0 Å². The molecule has 2 aromatic rings. The first-order valence-electron chi connectivity index (χ1n) is 6.97. The van der Waals surface area contributed by atoms with Crippen molar-refractivity contribution in [2.75, 3.05) is 14.1 Å². The van der Waals surface area contributed by atoms with Gasteiger partial charge < -0.3 is 5.32 Å². The Morgan fingerprint density at radius 1 is 1.00 bits per heavy atom. The van der Waals surface area contributed by atoms with Gasteiger partial charge in [0.1, 0.15) is 0 Å². The molecule has 4 nitrogen and oxygen atoms in total. The summed E-state index contributed by atoms with van der Waals surface area (Å²) in [4.78, 5) is 0.284. The maximum atomic E-state index is 12.0. The standard InChI is InChI=1S/C16H18Cl2N2O2S/c1-20(2)23(21,22)15-7-3-12(4-8-15)10-19-11-13-5-6-14(17)9-16(13)18/h3-9,19H,10-11H2,1-2H3. The Balaban J connectivity index is 1.97. The summed E-state index contributed by atoms with van der Waals surface area (Å²) in [6, 6.07) is 12.2. The lowest BCUT2D eigenvalue weighted by atomic mass is 10.2. The number of halogens is 2. The van der Waals surface area contributed by atoms with Crippen molar-refractivity contribution >= 4 is 33.2 Å². The molecule has 0 saturated carbocycles. The summed E-state index contributed by atoms with van der Waals surface area (Å²) in [5, 5.41) is 4.50. The normalized spacial score (nSPS) is 11.9. The third-order valence-corrected chi connectivity index (χ3v) is 5.78. The molecule has 0 heterocycles. The van der Waals surface area contributed by atoms with Crippen LogP contribution in [-0.4, -0.2) is 26.8 Å². The fourth-order valence-corrected chi connectivity index (χ4v) is 3.37. The highest BCUT2D eigenvalue weighted by Gasteiger charge is 2.16. The third kappa shape index (κ3) is 4.68. The molecule has 0 unspecified atom stereocenters. The molecule has 2 rings (SSSR count). The van der Waals surface area contributed by atoms with E-state index in [4.69, 9.17) is 23.2 Å². The first kappa shape index (κ1) is 18.2. The minimum Gasteiger partial charge on any atom is -0.309 e. The van der Waals surface area contributed by atoms with Crippen LogP contribution in [0.2, 0.25) is 10.0 Å². The van der Waals surface area contributed by atoms with Gasteiger partial charge >= 0.3 is 0 Å². The molecule has 0 radical (unpaired) electrons. The lowest BCUT2D eigenvalue weighted by Gasteiger charge is -2.12. The van der Waals surface area contributed by atoms with E-state index in [1.165, 1.54) is 18.4 Å². The molecule has 1 N–H and O–H groups in total. The molecule has 0 saturated heterocycles. The number of hydrogen-bond donors (Lipinski definition) is 1. The summed E-state index contributed by atoms with van der Waals surface area (Å²) >= 11 is 12.0. The van der Waals surface area contributed by atoms with Gasteiger partial charge in [0.15, 0.2) is 0 Å². The van der Waals surface area contributed by atoms with Crippen LogP contribution in [0.3, 0.4) is 0 Å². The van der Waals surface area contributed by atoms with E-state index < -0.39 is 10.0 Å². The maximum Gasteiger partial charge on any atom is 0.242 e. The van der Waals surface area contributed by atoms with Crippen molar-refractivity contribution in [1.29, 1.82) is 0 Å². The second-order valence-electron chi connectivity index (χ2n) is 5.27. The van der Waals surface area contributed by atoms with Gasteiger partial charge in [0.05, 0.1) is 4.90 Å². The van der Waals surface area contributed by atoms with Crippen LogP contribution >= 0.6 is 23.2 Å². The van der Waals surface area contributed by atoms with Gasteiger partial charge in [-0.25, -0.2) is 12.7 Å². The summed E-state index contributed by atoms with van der Waals surface area (Å²) in [7, 11) is -0.355. The zero-order valence-corrected chi connectivity index (χ0v) is 15.2. The second-order valence-corrected chi connectivity index (χ2v) is 8.27. The Bertz CT molecular complexity index is 775. The van der Waals surface area contributed by atoms with Crippen molar-refractivity contribution in [1.82, 2.24) is 9.62 Å². The Morgan fingerprint density at radius 2 is 1.65 bits per heavy atom. The summed E-state index contributed by atoms with van der Waals surface area (Å²) in [5.74, 6) is 0. The molecule has 0 spiro atoms. The second kappa shape index (κ2) is 7.64. The van der Waals surface area contributed by atoms with Gasteiger partial charge in [0, 0.05) is 37.2 Å². The van der Waals surface area contributed by atoms with Gasteiger partial charge in [-0.15, -0.1) is 0 Å². The number of sulfonamides is 1. The minimum atomic E-state index is -3.38. The predicted molar refractivity (Wildman–Crippen MR) is 94.3 cm³/mol. The number of rotatable bonds is 6. The van der Waals surface area contributed by atoms with Crippen LogP contribution in [0.15, 0.2) is 47.4 Å². The Hall–Kier alpha value is -1.11. The van der Waals surface area contributed by atoms with E-state index in [1.54, 1.807) is 36.4 Å². The van der Waals surface area contributed by atoms with E-state index in [9.17, 15) is 8.42 Å². The van der Waals surface area contributed by atoms with Crippen molar-refractivity contribution < 1.29 is 8.42 Å². The average Bonchev–Trinajstić information content (AvgIpc) is 2.50. The van der Waals surface area contributed by atoms with E-state index in [0.29, 0.717) is 23.1 Å². The van der Waals surface area contributed by atoms with Crippen LogP contribution in [0, 0.1) is 0 Å². The number of benzene rings is 2. The largest absolute Gasteiger partial charge is 0.309 e. The van der Waals surface area contributed by atoms with E-state index in [-0.39, 0.29) is 4.90 Å². The third-order valence-electron chi connectivity index (χ3n) is 3.36. The smallest absolute Gasteiger partial charge is 0.242 e. The summed E-state index contributed by atoms with van der Waals surface area (Å²) in [5.41, 5.74) is 1.95. The highest BCUT2D eigenvalue weighted by molar-refractivity contribution is 7.89. The molecule has 124 valence electrons. The van der Waals surface area contributed by atoms with E-state index >= 15 is 0 Å². The molecule has 0 amide bonds. The molecular formula is C16H18Cl2N2O2S. The molecule has 0 aliphatic carbocycles. The van der Waals surface area contributed by atoms with Gasteiger partial charge in [-0.1, -0.05) is 41.4 Å². The van der Waals surface area contributed by atoms with Gasteiger partial charge in [-0.3, -0.25) is 0 Å². The fourth-order valence-electron chi connectivity index (χ4n) is 2.00. The first-order chi connectivity index (χ1) is 10.8. The molecule has 23 heavy (non-hydrogen) atoms. The summed E-state index contributed by atoms with van der Waals surface area (Å²) < 4.78 is 25.2. The van der Waals surface area contributed by atoms with Gasteiger partial charge in [-0.05, 0) is 35.4 Å². The maximum absolute atomic E-state index is 12.0. The van der Waals surface area contributed by atoms with Crippen molar-refractivity contribution in [2.24, 2.45) is 0 Å². The SMILES string of the molecule is CN(C)S(=O)(=O)c1ccc(CNCc2ccc(Cl)cc2Cl)cc1. The van der Waals surface area contributed by atoms with E-state index in [1.807, 2.05) is 6.07 Å². The lowest BCUT2D eigenvalue weighted by molar-refractivity contribution is 0.520. The first-order valence-corrected chi connectivity index (χ1v) is 9.16. The van der Waals surface area contributed by atoms with E-state index in [2.05, 4.69) is 5.32 Å². The molecule has 0 bridgehead atoms. The number of hydrogen-bond acceptors (Lipinski definition) is 3. The topological polar surface area (TPSA) is 49.4 Å². The quantitative estimate of drug-likeness (QED) is 0.843. The lowest BCUT2D eigenvalue weighted by Crippen LogP contribution is -2.22. The summed E-state index contributed by atoms with van der Waals surface area (Å²) in [6.07, 6.45) is 0. The van der Waals surface area contributed by atoms with Crippen LogP contribution in [0.25, 0.3) is 0 Å². The summed E-state index contributed by atoms with van der Waals surface area (Å²) in [6.45, 7) is 1.22. The zero-order valence-electron chi connectivity index (χ0n) is 12.9. The van der Waals surface area contributed by atoms with Crippen molar-refractivity contribution in [2.45, 2.75) is 18.0 Å². The van der Waals surface area contributed by atoms with E-state index in [0.717, 1.165) is 11.1 Å². The molecule has 7 heteroatoms. The highest BCUT2D eigenvalue weighted by Crippen LogP contribution is 2.21. The highest BCUT2D eigenvalue weighted by atomic mass is 35.5. The molecule has 0 atom stereocenters. The molecule has 0 aliphatic heterocycles. The Labute approximate surface area is 147 Å². The number of nitrogens with one attached hydrogen (secondary N) is 1. The van der Waals surface area contributed by atoms with Crippen molar-refractivity contribution in [3.63, 3.8) is 0 Å². The Morgan fingerprint density at radius 3 is 2.22 bits per heavy atom. The van der Waals surface area contributed by atoms with Gasteiger partial charge in [0.2, 0.25) is 10.0 Å². The molecule has 0 aliphatic rings.